The Balaban J connectivity index is 1.54. The van der Waals surface area contributed by atoms with Crippen molar-refractivity contribution >= 4 is 11.8 Å². The molecule has 1 N–H and O–H groups in total. The number of aryl methyl sites for hydroxylation is 1. The molecule has 1 fully saturated rings. The van der Waals surface area contributed by atoms with Gasteiger partial charge in [0, 0.05) is 32.3 Å². The smallest absolute Gasteiger partial charge is 0.315 e. The molecule has 0 spiro atoms. The van der Waals surface area contributed by atoms with E-state index in [0.717, 1.165) is 37.3 Å². The highest BCUT2D eigenvalue weighted by atomic mass is 16.4. The molecule has 112 valence electrons. The predicted molar refractivity (Wildman–Crippen MR) is 81.3 cm³/mol. The third-order valence-corrected chi connectivity index (χ3v) is 3.61. The highest BCUT2D eigenvalue weighted by Crippen LogP contribution is 2.18. The molecule has 0 saturated carbocycles. The van der Waals surface area contributed by atoms with Crippen molar-refractivity contribution in [2.75, 3.05) is 23.3 Å². The summed E-state index contributed by atoms with van der Waals surface area (Å²) in [5.41, 5.74) is 1.10. The molecule has 0 amide bonds. The Bertz CT molecular complexity index is 560. The van der Waals surface area contributed by atoms with Crippen molar-refractivity contribution in [3.05, 3.63) is 29.8 Å². The number of hydrogen-bond acceptors (Lipinski definition) is 6. The van der Waals surface area contributed by atoms with Gasteiger partial charge in [-0.3, -0.25) is 0 Å². The molecule has 2 aromatic heterocycles. The number of anilines is 2. The van der Waals surface area contributed by atoms with Gasteiger partial charge in [0.2, 0.25) is 5.89 Å². The lowest BCUT2D eigenvalue weighted by atomic mass is 10.3. The summed E-state index contributed by atoms with van der Waals surface area (Å²) in [6.45, 7) is 4.96. The van der Waals surface area contributed by atoms with Crippen molar-refractivity contribution < 1.29 is 4.42 Å². The zero-order valence-corrected chi connectivity index (χ0v) is 12.4. The third-order valence-electron chi connectivity index (χ3n) is 3.61. The van der Waals surface area contributed by atoms with Crippen LogP contribution in [0.1, 0.15) is 37.6 Å². The van der Waals surface area contributed by atoms with E-state index >= 15 is 0 Å². The number of rotatable bonds is 6. The first-order valence-electron chi connectivity index (χ1n) is 7.61. The largest absolute Gasteiger partial charge is 0.408 e. The first kappa shape index (κ1) is 13.9. The fourth-order valence-corrected chi connectivity index (χ4v) is 2.47. The van der Waals surface area contributed by atoms with Crippen LogP contribution in [0.5, 0.6) is 0 Å². The molecular weight excluding hydrogens is 266 g/mol. The van der Waals surface area contributed by atoms with Gasteiger partial charge in [0.05, 0.1) is 0 Å². The maximum atomic E-state index is 5.49. The summed E-state index contributed by atoms with van der Waals surface area (Å²) in [6.07, 6.45) is 6.26. The zero-order valence-electron chi connectivity index (χ0n) is 12.4. The van der Waals surface area contributed by atoms with Crippen LogP contribution in [0.2, 0.25) is 0 Å². The summed E-state index contributed by atoms with van der Waals surface area (Å²) in [4.78, 5) is 6.85. The summed E-state index contributed by atoms with van der Waals surface area (Å²) >= 11 is 0. The van der Waals surface area contributed by atoms with Gasteiger partial charge in [-0.05, 0) is 30.9 Å². The number of hydrogen-bond donors (Lipinski definition) is 1. The third kappa shape index (κ3) is 3.51. The van der Waals surface area contributed by atoms with Gasteiger partial charge in [0.15, 0.2) is 0 Å². The van der Waals surface area contributed by atoms with Crippen molar-refractivity contribution in [3.63, 3.8) is 0 Å². The fourth-order valence-electron chi connectivity index (χ4n) is 2.47. The molecule has 0 bridgehead atoms. The highest BCUT2D eigenvalue weighted by Gasteiger charge is 2.13. The van der Waals surface area contributed by atoms with Gasteiger partial charge in [-0.2, -0.15) is 0 Å². The van der Waals surface area contributed by atoms with E-state index < -0.39 is 0 Å². The van der Waals surface area contributed by atoms with Gasteiger partial charge in [-0.15, -0.1) is 5.10 Å². The minimum atomic E-state index is 0.474. The van der Waals surface area contributed by atoms with Crippen LogP contribution >= 0.6 is 0 Å². The van der Waals surface area contributed by atoms with E-state index in [2.05, 4.69) is 44.5 Å². The molecule has 0 atom stereocenters. The van der Waals surface area contributed by atoms with Crippen molar-refractivity contribution in [2.45, 2.75) is 39.2 Å². The van der Waals surface area contributed by atoms with Crippen LogP contribution in [0.15, 0.2) is 22.7 Å². The molecule has 6 nitrogen and oxygen atoms in total. The molecule has 1 saturated heterocycles. The monoisotopic (exact) mass is 287 g/mol. The second-order valence-corrected chi connectivity index (χ2v) is 5.32. The van der Waals surface area contributed by atoms with Crippen molar-refractivity contribution in [1.29, 1.82) is 0 Å². The predicted octanol–water partition coefficient (Wildman–Crippen LogP) is 2.63. The normalized spacial score (nSPS) is 14.6. The SMILES string of the molecule is CCCc1nnc(NCc2ccc(N3CCCC3)nc2)o1. The van der Waals surface area contributed by atoms with E-state index in [-0.39, 0.29) is 0 Å². The molecule has 0 unspecified atom stereocenters. The maximum absolute atomic E-state index is 5.49. The van der Waals surface area contributed by atoms with E-state index in [1.54, 1.807) is 0 Å². The zero-order chi connectivity index (χ0) is 14.5. The van der Waals surface area contributed by atoms with E-state index in [4.69, 9.17) is 4.42 Å². The maximum Gasteiger partial charge on any atom is 0.315 e. The lowest BCUT2D eigenvalue weighted by Gasteiger charge is -2.16. The molecule has 3 rings (SSSR count). The van der Waals surface area contributed by atoms with Crippen molar-refractivity contribution in [3.8, 4) is 0 Å². The summed E-state index contributed by atoms with van der Waals surface area (Å²) < 4.78 is 5.49. The van der Waals surface area contributed by atoms with E-state index in [9.17, 15) is 0 Å². The Morgan fingerprint density at radius 3 is 2.81 bits per heavy atom. The van der Waals surface area contributed by atoms with Gasteiger partial charge < -0.3 is 14.6 Å². The summed E-state index contributed by atoms with van der Waals surface area (Å²) in [5.74, 6) is 1.75. The van der Waals surface area contributed by atoms with Crippen LogP contribution in [0.25, 0.3) is 0 Å². The standard InChI is InChI=1S/C15H21N5O/c1-2-5-14-18-19-15(21-14)17-11-12-6-7-13(16-10-12)20-8-3-4-9-20/h6-7,10H,2-5,8-9,11H2,1H3,(H,17,19). The quantitative estimate of drug-likeness (QED) is 0.881. The molecule has 0 aliphatic carbocycles. The van der Waals surface area contributed by atoms with Crippen LogP contribution in [-0.2, 0) is 13.0 Å². The number of nitrogens with one attached hydrogen (secondary N) is 1. The molecular formula is C15H21N5O. The van der Waals surface area contributed by atoms with Gasteiger partial charge in [-0.1, -0.05) is 18.1 Å². The topological polar surface area (TPSA) is 67.1 Å². The summed E-state index contributed by atoms with van der Waals surface area (Å²) in [7, 11) is 0. The van der Waals surface area contributed by atoms with Gasteiger partial charge in [0.1, 0.15) is 5.82 Å². The van der Waals surface area contributed by atoms with Crippen LogP contribution in [-0.4, -0.2) is 28.3 Å². The first-order chi connectivity index (χ1) is 10.3. The van der Waals surface area contributed by atoms with Crippen LogP contribution in [0.3, 0.4) is 0 Å². The number of pyridine rings is 1. The summed E-state index contributed by atoms with van der Waals surface area (Å²) in [6, 6.07) is 4.65. The number of aromatic nitrogens is 3. The van der Waals surface area contributed by atoms with Crippen LogP contribution < -0.4 is 10.2 Å². The Morgan fingerprint density at radius 1 is 1.24 bits per heavy atom. The average Bonchev–Trinajstić information content (AvgIpc) is 3.18. The molecule has 1 aliphatic rings. The van der Waals surface area contributed by atoms with E-state index in [1.165, 1.54) is 12.8 Å². The molecule has 1 aliphatic heterocycles. The molecule has 0 aromatic carbocycles. The Morgan fingerprint density at radius 2 is 2.10 bits per heavy atom. The molecule has 21 heavy (non-hydrogen) atoms. The van der Waals surface area contributed by atoms with Gasteiger partial charge in [-0.25, -0.2) is 4.98 Å². The fraction of sp³-hybridized carbons (Fsp3) is 0.533. The second kappa shape index (κ2) is 6.56. The van der Waals surface area contributed by atoms with Gasteiger partial charge >= 0.3 is 6.01 Å². The Labute approximate surface area is 124 Å². The minimum absolute atomic E-state index is 0.474. The molecule has 0 radical (unpaired) electrons. The second-order valence-electron chi connectivity index (χ2n) is 5.32. The average molecular weight is 287 g/mol. The first-order valence-corrected chi connectivity index (χ1v) is 7.61. The summed E-state index contributed by atoms with van der Waals surface area (Å²) in [5, 5.41) is 11.1. The minimum Gasteiger partial charge on any atom is -0.408 e. The molecule has 3 heterocycles. The van der Waals surface area contributed by atoms with Crippen LogP contribution in [0, 0.1) is 0 Å². The van der Waals surface area contributed by atoms with E-state index in [0.29, 0.717) is 18.5 Å². The van der Waals surface area contributed by atoms with Gasteiger partial charge in [0.25, 0.3) is 0 Å². The lowest BCUT2D eigenvalue weighted by Crippen LogP contribution is -2.18. The molecule has 2 aromatic rings. The highest BCUT2D eigenvalue weighted by molar-refractivity contribution is 5.40. The molecule has 6 heteroatoms. The van der Waals surface area contributed by atoms with E-state index in [1.807, 2.05) is 6.20 Å². The van der Waals surface area contributed by atoms with Crippen molar-refractivity contribution in [1.82, 2.24) is 15.2 Å². The van der Waals surface area contributed by atoms with Crippen LogP contribution in [0.4, 0.5) is 11.8 Å². The Kier molecular flexibility index (Phi) is 4.33. The van der Waals surface area contributed by atoms with Crippen molar-refractivity contribution in [2.24, 2.45) is 0 Å². The number of nitrogens with zero attached hydrogens (tertiary/aromatic N) is 4. The lowest BCUT2D eigenvalue weighted by molar-refractivity contribution is 0.501. The Hall–Kier alpha value is -2.11.